The van der Waals surface area contributed by atoms with Crippen LogP contribution in [0.5, 0.6) is 0 Å². The van der Waals surface area contributed by atoms with Gasteiger partial charge >= 0.3 is 5.97 Å². The number of nitro groups is 1. The average molecular weight is 294 g/mol. The zero-order valence-electron chi connectivity index (χ0n) is 12.2. The van der Waals surface area contributed by atoms with Crippen molar-refractivity contribution in [3.05, 3.63) is 39.9 Å². The number of non-ortho nitro benzene ring substituents is 1. The van der Waals surface area contributed by atoms with E-state index in [1.165, 1.54) is 17.0 Å². The Morgan fingerprint density at radius 1 is 1.29 bits per heavy atom. The van der Waals surface area contributed by atoms with E-state index in [1.807, 2.05) is 0 Å². The van der Waals surface area contributed by atoms with Crippen LogP contribution in [0.15, 0.2) is 24.3 Å². The van der Waals surface area contributed by atoms with Gasteiger partial charge in [-0.1, -0.05) is 12.1 Å². The van der Waals surface area contributed by atoms with Crippen molar-refractivity contribution in [1.82, 2.24) is 4.90 Å². The summed E-state index contributed by atoms with van der Waals surface area (Å²) in [4.78, 5) is 34.4. The van der Waals surface area contributed by atoms with Gasteiger partial charge in [-0.2, -0.15) is 0 Å². The highest BCUT2D eigenvalue weighted by Crippen LogP contribution is 2.27. The van der Waals surface area contributed by atoms with Crippen LogP contribution in [0, 0.1) is 10.1 Å². The summed E-state index contributed by atoms with van der Waals surface area (Å²) in [5.41, 5.74) is -0.288. The number of amides is 1. The molecule has 1 aromatic carbocycles. The molecule has 114 valence electrons. The zero-order chi connectivity index (χ0) is 16.2. The molecule has 7 nitrogen and oxygen atoms in total. The van der Waals surface area contributed by atoms with Crippen LogP contribution >= 0.6 is 0 Å². The molecule has 0 heterocycles. The van der Waals surface area contributed by atoms with E-state index in [0.717, 1.165) is 0 Å². The lowest BCUT2D eigenvalue weighted by molar-refractivity contribution is -0.384. The first-order valence-corrected chi connectivity index (χ1v) is 6.38. The van der Waals surface area contributed by atoms with Gasteiger partial charge in [-0.25, -0.2) is 0 Å². The predicted octanol–water partition coefficient (Wildman–Crippen LogP) is 1.81. The van der Waals surface area contributed by atoms with Gasteiger partial charge in [0, 0.05) is 25.7 Å². The number of nitrogens with zero attached hydrogens (tertiary/aromatic N) is 2. The standard InChI is InChI=1S/C14H18N2O5/c1-14(2,13(19)15(3)9-8-12(17)18)10-4-6-11(7-5-10)16(20)21/h4-7H,8-9H2,1-3H3,(H,17,18). The third-order valence-electron chi connectivity index (χ3n) is 3.34. The maximum atomic E-state index is 12.4. The Labute approximate surface area is 122 Å². The molecular formula is C14H18N2O5. The van der Waals surface area contributed by atoms with Crippen LogP contribution in [-0.2, 0) is 15.0 Å². The van der Waals surface area contributed by atoms with E-state index >= 15 is 0 Å². The Hall–Kier alpha value is -2.44. The van der Waals surface area contributed by atoms with Crippen LogP contribution in [0.1, 0.15) is 25.8 Å². The highest BCUT2D eigenvalue weighted by atomic mass is 16.6. The average Bonchev–Trinajstić information content (AvgIpc) is 2.43. The Balaban J connectivity index is 2.90. The highest BCUT2D eigenvalue weighted by Gasteiger charge is 2.32. The quantitative estimate of drug-likeness (QED) is 0.637. The van der Waals surface area contributed by atoms with Crippen molar-refractivity contribution in [3.63, 3.8) is 0 Å². The van der Waals surface area contributed by atoms with Crippen LogP contribution in [0.2, 0.25) is 0 Å². The molecule has 0 fully saturated rings. The molecule has 0 aliphatic heterocycles. The van der Waals surface area contributed by atoms with Gasteiger partial charge in [-0.15, -0.1) is 0 Å². The van der Waals surface area contributed by atoms with Gasteiger partial charge in [0.15, 0.2) is 0 Å². The molecule has 0 aromatic heterocycles. The van der Waals surface area contributed by atoms with Crippen LogP contribution in [0.25, 0.3) is 0 Å². The molecule has 1 rings (SSSR count). The fraction of sp³-hybridized carbons (Fsp3) is 0.429. The number of rotatable bonds is 6. The van der Waals surface area contributed by atoms with E-state index in [4.69, 9.17) is 5.11 Å². The summed E-state index contributed by atoms with van der Waals surface area (Å²) in [5, 5.41) is 19.3. The van der Waals surface area contributed by atoms with Crippen LogP contribution in [-0.4, -0.2) is 40.4 Å². The summed E-state index contributed by atoms with van der Waals surface area (Å²) in [6.45, 7) is 3.52. The Morgan fingerprint density at radius 2 is 1.81 bits per heavy atom. The van der Waals surface area contributed by atoms with Gasteiger partial charge in [-0.05, 0) is 19.4 Å². The second-order valence-corrected chi connectivity index (χ2v) is 5.30. The molecule has 21 heavy (non-hydrogen) atoms. The summed E-state index contributed by atoms with van der Waals surface area (Å²) >= 11 is 0. The Bertz CT molecular complexity index is 551. The molecule has 0 bridgehead atoms. The number of carboxylic acids is 1. The number of carboxylic acid groups (broad SMARTS) is 1. The van der Waals surface area contributed by atoms with Crippen LogP contribution in [0.4, 0.5) is 5.69 Å². The molecule has 0 atom stereocenters. The first kappa shape index (κ1) is 16.6. The maximum Gasteiger partial charge on any atom is 0.305 e. The molecular weight excluding hydrogens is 276 g/mol. The topological polar surface area (TPSA) is 101 Å². The van der Waals surface area contributed by atoms with Gasteiger partial charge in [0.25, 0.3) is 5.69 Å². The van der Waals surface area contributed by atoms with Gasteiger partial charge in [0.2, 0.25) is 5.91 Å². The number of carbonyl (C=O) groups is 2. The zero-order valence-corrected chi connectivity index (χ0v) is 12.2. The Morgan fingerprint density at radius 3 is 2.24 bits per heavy atom. The number of hydrogen-bond acceptors (Lipinski definition) is 4. The molecule has 0 radical (unpaired) electrons. The first-order chi connectivity index (χ1) is 9.66. The lowest BCUT2D eigenvalue weighted by Gasteiger charge is -2.29. The molecule has 0 aliphatic rings. The van der Waals surface area contributed by atoms with Crippen LogP contribution < -0.4 is 0 Å². The molecule has 0 saturated heterocycles. The second kappa shape index (κ2) is 6.34. The summed E-state index contributed by atoms with van der Waals surface area (Å²) in [5.74, 6) is -1.21. The lowest BCUT2D eigenvalue weighted by atomic mass is 9.83. The largest absolute Gasteiger partial charge is 0.481 e. The molecule has 1 amide bonds. The van der Waals surface area contributed by atoms with E-state index in [-0.39, 0.29) is 24.6 Å². The fourth-order valence-electron chi connectivity index (χ4n) is 1.97. The van der Waals surface area contributed by atoms with Crippen molar-refractivity contribution < 1.29 is 19.6 Å². The van der Waals surface area contributed by atoms with Crippen molar-refractivity contribution >= 4 is 17.6 Å². The number of aliphatic carboxylic acids is 1. The third kappa shape index (κ3) is 4.01. The SMILES string of the molecule is CN(CCC(=O)O)C(=O)C(C)(C)c1ccc([N+](=O)[O-])cc1. The number of hydrogen-bond donors (Lipinski definition) is 1. The summed E-state index contributed by atoms with van der Waals surface area (Å²) in [7, 11) is 1.54. The monoisotopic (exact) mass is 294 g/mol. The van der Waals surface area contributed by atoms with Crippen molar-refractivity contribution in [2.75, 3.05) is 13.6 Å². The van der Waals surface area contributed by atoms with Crippen LogP contribution in [0.3, 0.4) is 0 Å². The molecule has 0 unspecified atom stereocenters. The normalized spacial score (nSPS) is 11.0. The van der Waals surface area contributed by atoms with Crippen molar-refractivity contribution in [2.24, 2.45) is 0 Å². The van der Waals surface area contributed by atoms with Crippen molar-refractivity contribution in [3.8, 4) is 0 Å². The number of likely N-dealkylation sites (N-methyl/N-ethyl adjacent to an activating group) is 1. The third-order valence-corrected chi connectivity index (χ3v) is 3.34. The second-order valence-electron chi connectivity index (χ2n) is 5.30. The molecule has 7 heteroatoms. The van der Waals surface area contributed by atoms with Gasteiger partial charge in [0.05, 0.1) is 16.8 Å². The summed E-state index contributed by atoms with van der Waals surface area (Å²) < 4.78 is 0. The minimum Gasteiger partial charge on any atom is -0.481 e. The molecule has 0 saturated carbocycles. The van der Waals surface area contributed by atoms with Gasteiger partial charge in [0.1, 0.15) is 0 Å². The van der Waals surface area contributed by atoms with E-state index < -0.39 is 16.3 Å². The van der Waals surface area contributed by atoms with E-state index in [1.54, 1.807) is 33.0 Å². The molecule has 1 N–H and O–H groups in total. The van der Waals surface area contributed by atoms with E-state index in [2.05, 4.69) is 0 Å². The smallest absolute Gasteiger partial charge is 0.305 e. The summed E-state index contributed by atoms with van der Waals surface area (Å²) in [6, 6.07) is 5.78. The van der Waals surface area contributed by atoms with E-state index in [9.17, 15) is 19.7 Å². The summed E-state index contributed by atoms with van der Waals surface area (Å²) in [6.07, 6.45) is -0.126. The maximum absolute atomic E-state index is 12.4. The van der Waals surface area contributed by atoms with Gasteiger partial charge < -0.3 is 10.0 Å². The lowest BCUT2D eigenvalue weighted by Crippen LogP contribution is -2.42. The Kier molecular flexibility index (Phi) is 5.02. The fourth-order valence-corrected chi connectivity index (χ4v) is 1.97. The molecule has 0 aliphatic carbocycles. The van der Waals surface area contributed by atoms with Crippen molar-refractivity contribution in [1.29, 1.82) is 0 Å². The molecule has 1 aromatic rings. The number of nitro benzene ring substituents is 1. The molecule has 0 spiro atoms. The first-order valence-electron chi connectivity index (χ1n) is 6.38. The highest BCUT2D eigenvalue weighted by molar-refractivity contribution is 5.87. The number of benzene rings is 1. The minimum atomic E-state index is -0.970. The van der Waals surface area contributed by atoms with E-state index in [0.29, 0.717) is 5.56 Å². The predicted molar refractivity (Wildman–Crippen MR) is 76.0 cm³/mol. The minimum absolute atomic E-state index is 0.0405. The number of carbonyl (C=O) groups excluding carboxylic acids is 1. The van der Waals surface area contributed by atoms with Gasteiger partial charge in [-0.3, -0.25) is 19.7 Å². The van der Waals surface area contributed by atoms with Crippen molar-refractivity contribution in [2.45, 2.75) is 25.7 Å².